The maximum absolute atomic E-state index is 4.47. The molecular formula is C30H36N6. The van der Waals surface area contributed by atoms with Crippen molar-refractivity contribution < 1.29 is 0 Å². The van der Waals surface area contributed by atoms with Crippen molar-refractivity contribution in [3.63, 3.8) is 0 Å². The van der Waals surface area contributed by atoms with Crippen LogP contribution in [0.3, 0.4) is 0 Å². The van der Waals surface area contributed by atoms with Crippen LogP contribution in [0.1, 0.15) is 22.5 Å². The molecule has 36 heavy (non-hydrogen) atoms. The summed E-state index contributed by atoms with van der Waals surface area (Å²) in [5, 5.41) is 14.8. The van der Waals surface area contributed by atoms with E-state index in [0.717, 1.165) is 48.7 Å². The Morgan fingerprint density at radius 2 is 0.972 bits per heavy atom. The highest BCUT2D eigenvalue weighted by molar-refractivity contribution is 5.48. The fraction of sp³-hybridized carbons (Fsp3) is 0.267. The minimum absolute atomic E-state index is 0.0820. The molecule has 0 saturated carbocycles. The molecule has 0 bridgehead atoms. The third-order valence-corrected chi connectivity index (χ3v) is 6.02. The summed E-state index contributed by atoms with van der Waals surface area (Å²) in [5.74, 6) is 0. The third kappa shape index (κ3) is 8.18. The Kier molecular flexibility index (Phi) is 9.42. The number of benzene rings is 2. The summed E-state index contributed by atoms with van der Waals surface area (Å²) in [6.07, 6.45) is 5.22. The molecule has 0 saturated heterocycles. The van der Waals surface area contributed by atoms with Gasteiger partial charge in [0, 0.05) is 61.1 Å². The van der Waals surface area contributed by atoms with Gasteiger partial charge in [0.2, 0.25) is 0 Å². The molecule has 6 heteroatoms. The molecule has 2 unspecified atom stereocenters. The average Bonchev–Trinajstić information content (AvgIpc) is 2.91. The van der Waals surface area contributed by atoms with Crippen molar-refractivity contribution in [2.45, 2.75) is 39.0 Å². The standard InChI is InChI=1S/C30H36N6/c1-23-9-13-27(14-10-23)35-29(33-21-17-25-7-3-5-19-31-25)30(36-28-15-11-24(2)12-16-28)34-22-18-26-8-4-6-20-32-26/h3-16,19-20,29-30,33-36H,17-18,21-22H2,1-2H3. The maximum atomic E-state index is 4.47. The van der Waals surface area contributed by atoms with Gasteiger partial charge in [-0.25, -0.2) is 0 Å². The van der Waals surface area contributed by atoms with E-state index in [4.69, 9.17) is 0 Å². The lowest BCUT2D eigenvalue weighted by Gasteiger charge is -2.32. The molecule has 4 N–H and O–H groups in total. The highest BCUT2D eigenvalue weighted by Gasteiger charge is 2.21. The van der Waals surface area contributed by atoms with Crippen LogP contribution in [0.4, 0.5) is 11.4 Å². The quantitative estimate of drug-likeness (QED) is 0.203. The Balaban J connectivity index is 1.50. The summed E-state index contributed by atoms with van der Waals surface area (Å²) in [5.41, 5.74) is 6.76. The van der Waals surface area contributed by atoms with Crippen molar-refractivity contribution in [1.29, 1.82) is 0 Å². The van der Waals surface area contributed by atoms with Crippen LogP contribution >= 0.6 is 0 Å². The summed E-state index contributed by atoms with van der Waals surface area (Å²) in [4.78, 5) is 8.95. The van der Waals surface area contributed by atoms with Crippen LogP contribution in [-0.4, -0.2) is 35.4 Å². The van der Waals surface area contributed by atoms with Gasteiger partial charge < -0.3 is 10.6 Å². The molecule has 0 aliphatic rings. The topological polar surface area (TPSA) is 73.9 Å². The molecule has 0 amide bonds. The molecule has 0 aliphatic heterocycles. The zero-order valence-electron chi connectivity index (χ0n) is 21.1. The number of aryl methyl sites for hydroxylation is 2. The number of hydrogen-bond acceptors (Lipinski definition) is 6. The third-order valence-electron chi connectivity index (χ3n) is 6.02. The fourth-order valence-corrected chi connectivity index (χ4v) is 3.97. The second-order valence-corrected chi connectivity index (χ2v) is 9.03. The molecule has 2 atom stereocenters. The van der Waals surface area contributed by atoms with Gasteiger partial charge in [-0.3, -0.25) is 20.6 Å². The predicted octanol–water partition coefficient (Wildman–Crippen LogP) is 4.93. The zero-order chi connectivity index (χ0) is 25.0. The first-order valence-electron chi connectivity index (χ1n) is 12.6. The number of nitrogens with zero attached hydrogens (tertiary/aromatic N) is 2. The maximum Gasteiger partial charge on any atom is 0.111 e. The first-order chi connectivity index (χ1) is 17.7. The Bertz CT molecular complexity index is 1050. The smallest absolute Gasteiger partial charge is 0.111 e. The number of aromatic nitrogens is 2. The number of hydrogen-bond donors (Lipinski definition) is 4. The molecule has 0 aliphatic carbocycles. The van der Waals surface area contributed by atoms with E-state index in [2.05, 4.69) is 106 Å². The largest absolute Gasteiger partial charge is 0.367 e. The van der Waals surface area contributed by atoms with E-state index in [1.54, 1.807) is 0 Å². The van der Waals surface area contributed by atoms with E-state index in [-0.39, 0.29) is 12.3 Å². The minimum Gasteiger partial charge on any atom is -0.367 e. The van der Waals surface area contributed by atoms with Crippen LogP contribution < -0.4 is 21.3 Å². The lowest BCUT2D eigenvalue weighted by atomic mass is 10.2. The predicted molar refractivity (Wildman–Crippen MR) is 149 cm³/mol. The monoisotopic (exact) mass is 480 g/mol. The van der Waals surface area contributed by atoms with Gasteiger partial charge in [0.25, 0.3) is 0 Å². The van der Waals surface area contributed by atoms with Crippen LogP contribution in [-0.2, 0) is 12.8 Å². The molecule has 2 aromatic carbocycles. The Hall–Kier alpha value is -3.74. The van der Waals surface area contributed by atoms with Gasteiger partial charge in [-0.15, -0.1) is 0 Å². The highest BCUT2D eigenvalue weighted by atomic mass is 15.3. The van der Waals surface area contributed by atoms with Crippen LogP contribution in [0.25, 0.3) is 0 Å². The van der Waals surface area contributed by atoms with Crippen LogP contribution in [0.15, 0.2) is 97.3 Å². The van der Waals surface area contributed by atoms with E-state index in [1.807, 2.05) is 36.7 Å². The number of pyridine rings is 2. The average molecular weight is 481 g/mol. The zero-order valence-corrected chi connectivity index (χ0v) is 21.1. The van der Waals surface area contributed by atoms with Crippen LogP contribution in [0, 0.1) is 13.8 Å². The van der Waals surface area contributed by atoms with Gasteiger partial charge in [-0.1, -0.05) is 47.5 Å². The van der Waals surface area contributed by atoms with E-state index in [0.29, 0.717) is 0 Å². The molecule has 0 spiro atoms. The Morgan fingerprint density at radius 1 is 0.556 bits per heavy atom. The molecule has 0 radical (unpaired) electrons. The molecule has 2 aromatic heterocycles. The van der Waals surface area contributed by atoms with Crippen molar-refractivity contribution in [3.05, 3.63) is 120 Å². The first-order valence-corrected chi connectivity index (χ1v) is 12.6. The van der Waals surface area contributed by atoms with E-state index >= 15 is 0 Å². The fourth-order valence-electron chi connectivity index (χ4n) is 3.97. The molecule has 4 rings (SSSR count). The summed E-state index contributed by atoms with van der Waals surface area (Å²) in [6.45, 7) is 5.78. The normalized spacial score (nSPS) is 12.6. The lowest BCUT2D eigenvalue weighted by molar-refractivity contribution is 0.429. The second kappa shape index (κ2) is 13.4. The SMILES string of the molecule is Cc1ccc(NC(NCCc2ccccn2)C(NCCc2ccccn2)Nc2ccc(C)cc2)cc1. The number of nitrogens with one attached hydrogen (secondary N) is 4. The van der Waals surface area contributed by atoms with E-state index < -0.39 is 0 Å². The van der Waals surface area contributed by atoms with Crippen molar-refractivity contribution >= 4 is 11.4 Å². The second-order valence-electron chi connectivity index (χ2n) is 9.03. The highest BCUT2D eigenvalue weighted by Crippen LogP contribution is 2.14. The Morgan fingerprint density at radius 3 is 1.33 bits per heavy atom. The number of anilines is 2. The van der Waals surface area contributed by atoms with Crippen LogP contribution in [0.5, 0.6) is 0 Å². The molecular weight excluding hydrogens is 444 g/mol. The van der Waals surface area contributed by atoms with Crippen molar-refractivity contribution in [3.8, 4) is 0 Å². The van der Waals surface area contributed by atoms with Crippen molar-refractivity contribution in [2.75, 3.05) is 23.7 Å². The summed E-state index contributed by atoms with van der Waals surface area (Å²) in [6, 6.07) is 29.1. The van der Waals surface area contributed by atoms with Crippen molar-refractivity contribution in [1.82, 2.24) is 20.6 Å². The summed E-state index contributed by atoms with van der Waals surface area (Å²) >= 11 is 0. The van der Waals surface area contributed by atoms with Gasteiger partial charge in [0.05, 0.1) is 0 Å². The van der Waals surface area contributed by atoms with Gasteiger partial charge in [0.15, 0.2) is 0 Å². The lowest BCUT2D eigenvalue weighted by Crippen LogP contribution is -2.57. The van der Waals surface area contributed by atoms with E-state index in [1.165, 1.54) is 11.1 Å². The molecule has 6 nitrogen and oxygen atoms in total. The van der Waals surface area contributed by atoms with Gasteiger partial charge in [0.1, 0.15) is 12.3 Å². The summed E-state index contributed by atoms with van der Waals surface area (Å²) in [7, 11) is 0. The van der Waals surface area contributed by atoms with Gasteiger partial charge in [-0.05, 0) is 62.4 Å². The molecule has 186 valence electrons. The molecule has 0 fully saturated rings. The van der Waals surface area contributed by atoms with Gasteiger partial charge in [-0.2, -0.15) is 0 Å². The van der Waals surface area contributed by atoms with E-state index in [9.17, 15) is 0 Å². The van der Waals surface area contributed by atoms with Crippen molar-refractivity contribution in [2.24, 2.45) is 0 Å². The van der Waals surface area contributed by atoms with Gasteiger partial charge >= 0.3 is 0 Å². The Labute approximate surface area is 214 Å². The summed E-state index contributed by atoms with van der Waals surface area (Å²) < 4.78 is 0. The molecule has 2 heterocycles. The first kappa shape index (κ1) is 25.4. The number of rotatable bonds is 13. The molecule has 4 aromatic rings. The minimum atomic E-state index is -0.0820. The van der Waals surface area contributed by atoms with Crippen LogP contribution in [0.2, 0.25) is 0 Å².